The van der Waals surface area contributed by atoms with Crippen molar-refractivity contribution in [2.75, 3.05) is 7.05 Å². The Hall–Kier alpha value is -3.76. The van der Waals surface area contributed by atoms with Crippen LogP contribution in [0.4, 0.5) is 0 Å². The molecule has 0 N–H and O–H groups in total. The number of aromatic nitrogens is 4. The smallest absolute Gasteiger partial charge is 0.273 e. The van der Waals surface area contributed by atoms with Gasteiger partial charge in [-0.1, -0.05) is 23.7 Å². The van der Waals surface area contributed by atoms with E-state index in [4.69, 9.17) is 11.6 Å². The summed E-state index contributed by atoms with van der Waals surface area (Å²) in [4.78, 5) is 24.3. The van der Waals surface area contributed by atoms with E-state index in [1.165, 1.54) is 0 Å². The SMILES string of the molecule is CCn1ncc(CN(C)C(=O)c2nc(-c3ccccc3Cl)nc3ccc(C#N)cc23)c1C. The predicted octanol–water partition coefficient (Wildman–Crippen LogP) is 4.62. The molecule has 2 heterocycles. The van der Waals surface area contributed by atoms with Crippen molar-refractivity contribution in [1.29, 1.82) is 5.26 Å². The highest BCUT2D eigenvalue weighted by atomic mass is 35.5. The van der Waals surface area contributed by atoms with Gasteiger partial charge < -0.3 is 4.90 Å². The Balaban J connectivity index is 1.81. The summed E-state index contributed by atoms with van der Waals surface area (Å²) in [5, 5.41) is 14.7. The van der Waals surface area contributed by atoms with Crippen molar-refractivity contribution in [3.63, 3.8) is 0 Å². The summed E-state index contributed by atoms with van der Waals surface area (Å²) >= 11 is 6.37. The molecule has 4 rings (SSSR count). The van der Waals surface area contributed by atoms with E-state index in [1.807, 2.05) is 36.7 Å². The van der Waals surface area contributed by atoms with Crippen LogP contribution in [0.25, 0.3) is 22.3 Å². The summed E-state index contributed by atoms with van der Waals surface area (Å²) in [5.41, 5.74) is 3.85. The molecule has 1 amide bonds. The third kappa shape index (κ3) is 3.93. The molecule has 2 aromatic heterocycles. The summed E-state index contributed by atoms with van der Waals surface area (Å²) < 4.78 is 1.89. The monoisotopic (exact) mass is 444 g/mol. The minimum atomic E-state index is -0.274. The van der Waals surface area contributed by atoms with Crippen molar-refractivity contribution in [3.05, 3.63) is 76.2 Å². The van der Waals surface area contributed by atoms with E-state index < -0.39 is 0 Å². The zero-order valence-electron chi connectivity index (χ0n) is 18.0. The van der Waals surface area contributed by atoms with Crippen molar-refractivity contribution in [3.8, 4) is 17.5 Å². The maximum absolute atomic E-state index is 13.5. The third-order valence-electron chi connectivity index (χ3n) is 5.40. The van der Waals surface area contributed by atoms with Crippen LogP contribution in [0.3, 0.4) is 0 Å². The number of aryl methyl sites for hydroxylation is 1. The number of hydrogen-bond donors (Lipinski definition) is 0. The molecule has 0 spiro atoms. The van der Waals surface area contributed by atoms with Gasteiger partial charge in [-0.15, -0.1) is 0 Å². The van der Waals surface area contributed by atoms with Crippen LogP contribution in [-0.2, 0) is 13.1 Å². The fraction of sp³-hybridized carbons (Fsp3) is 0.208. The van der Waals surface area contributed by atoms with Gasteiger partial charge in [0.15, 0.2) is 5.82 Å². The van der Waals surface area contributed by atoms with Crippen LogP contribution in [0.2, 0.25) is 5.02 Å². The van der Waals surface area contributed by atoms with E-state index in [0.717, 1.165) is 17.8 Å². The van der Waals surface area contributed by atoms with E-state index in [0.29, 0.717) is 39.4 Å². The zero-order valence-corrected chi connectivity index (χ0v) is 18.8. The quantitative estimate of drug-likeness (QED) is 0.448. The molecule has 32 heavy (non-hydrogen) atoms. The molecule has 4 aromatic rings. The lowest BCUT2D eigenvalue weighted by Crippen LogP contribution is -2.28. The van der Waals surface area contributed by atoms with Crippen LogP contribution >= 0.6 is 11.6 Å². The highest BCUT2D eigenvalue weighted by molar-refractivity contribution is 6.33. The highest BCUT2D eigenvalue weighted by Crippen LogP contribution is 2.28. The van der Waals surface area contributed by atoms with E-state index in [9.17, 15) is 10.1 Å². The summed E-state index contributed by atoms with van der Waals surface area (Å²) in [6.45, 7) is 5.15. The van der Waals surface area contributed by atoms with E-state index in [-0.39, 0.29) is 11.6 Å². The van der Waals surface area contributed by atoms with Crippen LogP contribution in [0.1, 0.15) is 34.2 Å². The summed E-state index contributed by atoms with van der Waals surface area (Å²) in [6, 6.07) is 14.4. The number of benzene rings is 2. The van der Waals surface area contributed by atoms with Crippen molar-refractivity contribution in [2.24, 2.45) is 0 Å². The molecular weight excluding hydrogens is 424 g/mol. The standard InChI is InChI=1S/C24H21ClN6O/c1-4-31-15(2)17(13-27-31)14-30(3)24(32)22-19-11-16(12-26)9-10-21(19)28-23(29-22)18-7-5-6-8-20(18)25/h5-11,13H,4,14H2,1-3H3. The molecule has 0 aliphatic heterocycles. The first-order chi connectivity index (χ1) is 15.4. The average molecular weight is 445 g/mol. The summed E-state index contributed by atoms with van der Waals surface area (Å²) in [7, 11) is 1.72. The Kier molecular flexibility index (Phi) is 5.89. The number of halogens is 1. The minimum absolute atomic E-state index is 0.227. The highest BCUT2D eigenvalue weighted by Gasteiger charge is 2.21. The van der Waals surface area contributed by atoms with Crippen LogP contribution in [0, 0.1) is 18.3 Å². The van der Waals surface area contributed by atoms with Gasteiger partial charge in [-0.25, -0.2) is 9.97 Å². The molecule has 0 atom stereocenters. The van der Waals surface area contributed by atoms with Crippen LogP contribution in [-0.4, -0.2) is 37.6 Å². The topological polar surface area (TPSA) is 87.7 Å². The molecule has 2 aromatic carbocycles. The first kappa shape index (κ1) is 21.5. The zero-order chi connectivity index (χ0) is 22.8. The van der Waals surface area contributed by atoms with E-state index >= 15 is 0 Å². The van der Waals surface area contributed by atoms with Crippen LogP contribution in [0.15, 0.2) is 48.7 Å². The molecule has 0 radical (unpaired) electrons. The number of rotatable bonds is 5. The number of fused-ring (bicyclic) bond motifs is 1. The van der Waals surface area contributed by atoms with Crippen LogP contribution in [0.5, 0.6) is 0 Å². The maximum atomic E-state index is 13.5. The molecule has 8 heteroatoms. The number of carbonyl (C=O) groups excluding carboxylic acids is 1. The minimum Gasteiger partial charge on any atom is -0.336 e. The molecule has 0 aliphatic rings. The van der Waals surface area contributed by atoms with Crippen molar-refractivity contribution in [1.82, 2.24) is 24.6 Å². The maximum Gasteiger partial charge on any atom is 0.273 e. The Labute approximate surface area is 190 Å². The third-order valence-corrected chi connectivity index (χ3v) is 5.73. The summed E-state index contributed by atoms with van der Waals surface area (Å²) in [6.07, 6.45) is 1.78. The fourth-order valence-corrected chi connectivity index (χ4v) is 3.81. The van der Waals surface area contributed by atoms with Gasteiger partial charge >= 0.3 is 0 Å². The normalized spacial score (nSPS) is 10.8. The Morgan fingerprint density at radius 2 is 2.00 bits per heavy atom. The van der Waals surface area contributed by atoms with Crippen molar-refractivity contribution < 1.29 is 4.79 Å². The van der Waals surface area contributed by atoms with Gasteiger partial charge in [-0.3, -0.25) is 9.48 Å². The Morgan fingerprint density at radius 1 is 1.22 bits per heavy atom. The molecule has 7 nitrogen and oxygen atoms in total. The molecule has 160 valence electrons. The molecule has 0 saturated heterocycles. The van der Waals surface area contributed by atoms with Crippen LogP contribution < -0.4 is 0 Å². The van der Waals surface area contributed by atoms with E-state index in [2.05, 4.69) is 21.1 Å². The van der Waals surface area contributed by atoms with Gasteiger partial charge in [0, 0.05) is 42.3 Å². The lowest BCUT2D eigenvalue weighted by molar-refractivity contribution is 0.0781. The van der Waals surface area contributed by atoms with Crippen molar-refractivity contribution >= 4 is 28.4 Å². The first-order valence-electron chi connectivity index (χ1n) is 10.2. The van der Waals surface area contributed by atoms with Gasteiger partial charge in [0.05, 0.1) is 28.4 Å². The molecule has 0 aliphatic carbocycles. The van der Waals surface area contributed by atoms with Gasteiger partial charge in [0.2, 0.25) is 0 Å². The molecule has 0 saturated carbocycles. The van der Waals surface area contributed by atoms with Gasteiger partial charge in [0.1, 0.15) is 5.69 Å². The molecule has 0 fully saturated rings. The largest absolute Gasteiger partial charge is 0.336 e. The fourth-order valence-electron chi connectivity index (χ4n) is 3.59. The predicted molar refractivity (Wildman–Crippen MR) is 123 cm³/mol. The van der Waals surface area contributed by atoms with Gasteiger partial charge in [-0.2, -0.15) is 10.4 Å². The molecule has 0 unspecified atom stereocenters. The Bertz CT molecular complexity index is 1370. The average Bonchev–Trinajstić information content (AvgIpc) is 3.16. The lowest BCUT2D eigenvalue weighted by atomic mass is 10.1. The number of nitrogens with zero attached hydrogens (tertiary/aromatic N) is 6. The molecule has 0 bridgehead atoms. The second kappa shape index (κ2) is 8.77. The second-order valence-electron chi connectivity index (χ2n) is 7.45. The lowest BCUT2D eigenvalue weighted by Gasteiger charge is -2.18. The summed E-state index contributed by atoms with van der Waals surface area (Å²) in [5.74, 6) is 0.0870. The molecular formula is C24H21ClN6O. The first-order valence-corrected chi connectivity index (χ1v) is 10.5. The van der Waals surface area contributed by atoms with E-state index in [1.54, 1.807) is 42.4 Å². The Morgan fingerprint density at radius 3 is 2.69 bits per heavy atom. The van der Waals surface area contributed by atoms with Gasteiger partial charge in [-0.05, 0) is 44.2 Å². The van der Waals surface area contributed by atoms with Gasteiger partial charge in [0.25, 0.3) is 5.91 Å². The number of hydrogen-bond acceptors (Lipinski definition) is 5. The number of amides is 1. The number of carbonyl (C=O) groups is 1. The second-order valence-corrected chi connectivity index (χ2v) is 7.86. The number of nitriles is 1. The van der Waals surface area contributed by atoms with Crippen molar-refractivity contribution in [2.45, 2.75) is 26.9 Å².